The average molecular weight is 165 g/mol. The lowest BCUT2D eigenvalue weighted by Gasteiger charge is -2.13. The number of allylic oxidation sites excluding steroid dienone is 3. The minimum Gasteiger partial charge on any atom is -0.451 e. The fourth-order valence-corrected chi connectivity index (χ4v) is 1.15. The van der Waals surface area contributed by atoms with E-state index in [1.165, 1.54) is 12.2 Å². The first-order valence-corrected chi connectivity index (χ1v) is 3.53. The molecule has 2 radical (unpaired) electrons. The topological polar surface area (TPSA) is 38.8 Å². The van der Waals surface area contributed by atoms with Gasteiger partial charge in [0.2, 0.25) is 0 Å². The van der Waals surface area contributed by atoms with E-state index in [0.29, 0.717) is 17.9 Å². The highest BCUT2D eigenvalue weighted by molar-refractivity contribution is 5.98. The van der Waals surface area contributed by atoms with E-state index in [-0.39, 0.29) is 5.78 Å². The first-order chi connectivity index (χ1) is 5.83. The van der Waals surface area contributed by atoms with Crippen LogP contribution in [0.4, 0.5) is 0 Å². The molecule has 0 saturated heterocycles. The van der Waals surface area contributed by atoms with Crippen molar-refractivity contribution in [3.05, 3.63) is 30.3 Å². The van der Waals surface area contributed by atoms with Crippen LogP contribution < -0.4 is 0 Å². The number of hydrogen-bond acceptors (Lipinski definition) is 4. The molecule has 2 rings (SSSR count). The zero-order valence-corrected chi connectivity index (χ0v) is 6.53. The monoisotopic (exact) mass is 165 g/mol. The Hall–Kier alpha value is -1.29. The quantitative estimate of drug-likeness (QED) is 0.570. The zero-order chi connectivity index (χ0) is 8.55. The highest BCUT2D eigenvalue weighted by Crippen LogP contribution is 2.28. The van der Waals surface area contributed by atoms with Gasteiger partial charge < -0.3 is 4.74 Å². The van der Waals surface area contributed by atoms with Crippen molar-refractivity contribution in [1.29, 1.82) is 0 Å². The summed E-state index contributed by atoms with van der Waals surface area (Å²) < 4.78 is 4.95. The van der Waals surface area contributed by atoms with E-state index in [1.807, 2.05) is 0 Å². The SMILES string of the molecule is CON1[C]OC2=C1C(=O)CC=C2. The number of hydroxylamine groups is 2. The largest absolute Gasteiger partial charge is 0.451 e. The number of ether oxygens (including phenoxy) is 1. The van der Waals surface area contributed by atoms with E-state index < -0.39 is 0 Å². The van der Waals surface area contributed by atoms with Crippen molar-refractivity contribution >= 4 is 5.78 Å². The predicted molar refractivity (Wildman–Crippen MR) is 39.0 cm³/mol. The van der Waals surface area contributed by atoms with Gasteiger partial charge in [0, 0.05) is 6.42 Å². The maximum Gasteiger partial charge on any atom is 0.342 e. The summed E-state index contributed by atoms with van der Waals surface area (Å²) >= 11 is 0. The number of nitrogens with zero attached hydrogens (tertiary/aromatic N) is 1. The Labute approximate surface area is 70.0 Å². The van der Waals surface area contributed by atoms with E-state index in [0.717, 1.165) is 0 Å². The fourth-order valence-electron chi connectivity index (χ4n) is 1.15. The van der Waals surface area contributed by atoms with Crippen LogP contribution in [-0.2, 0) is 14.4 Å². The molecule has 4 nitrogen and oxygen atoms in total. The first kappa shape index (κ1) is 7.36. The van der Waals surface area contributed by atoms with Gasteiger partial charge in [-0.3, -0.25) is 9.63 Å². The van der Waals surface area contributed by atoms with Crippen molar-refractivity contribution in [2.45, 2.75) is 6.42 Å². The van der Waals surface area contributed by atoms with Crippen LogP contribution >= 0.6 is 0 Å². The van der Waals surface area contributed by atoms with Crippen molar-refractivity contribution in [3.8, 4) is 0 Å². The number of carbonyl (C=O) groups is 1. The van der Waals surface area contributed by atoms with Crippen molar-refractivity contribution in [1.82, 2.24) is 5.06 Å². The molecule has 0 N–H and O–H groups in total. The molecule has 0 fully saturated rings. The van der Waals surface area contributed by atoms with Gasteiger partial charge in [0.15, 0.2) is 17.2 Å². The number of carbonyl (C=O) groups excluding carboxylic acids is 1. The van der Waals surface area contributed by atoms with Crippen LogP contribution in [0.2, 0.25) is 0 Å². The second kappa shape index (κ2) is 2.64. The fraction of sp³-hybridized carbons (Fsp3) is 0.250. The van der Waals surface area contributed by atoms with E-state index >= 15 is 0 Å². The number of Topliss-reactive ketones (excluding diaryl/α,β-unsaturated/α-hetero) is 1. The standard InChI is InChI=1S/C8H7NO3/c1-11-9-5-12-7-4-2-3-6(10)8(7)9/h2,4H,3H2,1H3. The van der Waals surface area contributed by atoms with Crippen LogP contribution in [0.5, 0.6) is 0 Å². The van der Waals surface area contributed by atoms with Gasteiger partial charge in [-0.15, -0.1) is 0 Å². The van der Waals surface area contributed by atoms with E-state index in [2.05, 4.69) is 6.73 Å². The lowest BCUT2D eigenvalue weighted by Crippen LogP contribution is -2.21. The Balaban J connectivity index is 2.34. The Kier molecular flexibility index (Phi) is 1.62. The van der Waals surface area contributed by atoms with E-state index in [1.54, 1.807) is 12.2 Å². The first-order valence-electron chi connectivity index (χ1n) is 3.53. The van der Waals surface area contributed by atoms with E-state index in [4.69, 9.17) is 9.57 Å². The molecule has 0 amide bonds. The molecule has 0 unspecified atom stereocenters. The minimum absolute atomic E-state index is 0.0145. The van der Waals surface area contributed by atoms with Gasteiger partial charge in [0.1, 0.15) is 0 Å². The summed E-state index contributed by atoms with van der Waals surface area (Å²) in [5.41, 5.74) is 0.431. The van der Waals surface area contributed by atoms with Crippen LogP contribution in [0.15, 0.2) is 23.6 Å². The summed E-state index contributed by atoms with van der Waals surface area (Å²) in [4.78, 5) is 16.1. The van der Waals surface area contributed by atoms with Crippen molar-refractivity contribution in [3.63, 3.8) is 0 Å². The van der Waals surface area contributed by atoms with Gasteiger partial charge in [-0.2, -0.15) is 5.06 Å². The van der Waals surface area contributed by atoms with Gasteiger partial charge >= 0.3 is 6.73 Å². The summed E-state index contributed by atoms with van der Waals surface area (Å²) in [5.74, 6) is 0.493. The second-order valence-electron chi connectivity index (χ2n) is 2.41. The average Bonchev–Trinajstić information content (AvgIpc) is 2.49. The van der Waals surface area contributed by atoms with E-state index in [9.17, 15) is 4.79 Å². The van der Waals surface area contributed by atoms with Crippen molar-refractivity contribution < 1.29 is 14.4 Å². The predicted octanol–water partition coefficient (Wildman–Crippen LogP) is 0.617. The maximum atomic E-state index is 11.3. The minimum atomic E-state index is -0.0145. The van der Waals surface area contributed by atoms with Crippen LogP contribution in [0.25, 0.3) is 0 Å². The third-order valence-corrected chi connectivity index (χ3v) is 1.69. The number of hydrogen-bond donors (Lipinski definition) is 0. The summed E-state index contributed by atoms with van der Waals surface area (Å²) in [6.45, 7) is 2.44. The maximum absolute atomic E-state index is 11.3. The van der Waals surface area contributed by atoms with Gasteiger partial charge in [-0.25, -0.2) is 0 Å². The molecule has 62 valence electrons. The highest BCUT2D eigenvalue weighted by atomic mass is 16.7. The molecule has 0 saturated carbocycles. The molecular weight excluding hydrogens is 158 g/mol. The van der Waals surface area contributed by atoms with Gasteiger partial charge in [-0.1, -0.05) is 6.08 Å². The van der Waals surface area contributed by atoms with Crippen molar-refractivity contribution in [2.24, 2.45) is 0 Å². The molecule has 0 aromatic rings. The van der Waals surface area contributed by atoms with Crippen molar-refractivity contribution in [2.75, 3.05) is 7.11 Å². The molecule has 4 heteroatoms. The summed E-state index contributed by atoms with van der Waals surface area (Å²) in [5, 5.41) is 1.21. The van der Waals surface area contributed by atoms with Gasteiger partial charge in [0.05, 0.1) is 7.11 Å². The molecule has 1 heterocycles. The Bertz CT molecular complexity index is 280. The lowest BCUT2D eigenvalue weighted by molar-refractivity contribution is -0.127. The second-order valence-corrected chi connectivity index (χ2v) is 2.41. The molecule has 12 heavy (non-hydrogen) atoms. The smallest absolute Gasteiger partial charge is 0.342 e. The highest BCUT2D eigenvalue weighted by Gasteiger charge is 2.31. The van der Waals surface area contributed by atoms with Crippen LogP contribution in [0.3, 0.4) is 0 Å². The third kappa shape index (κ3) is 0.921. The molecule has 0 bridgehead atoms. The molecule has 1 aliphatic heterocycles. The van der Waals surface area contributed by atoms with Gasteiger partial charge in [0.25, 0.3) is 0 Å². The number of ketones is 1. The number of rotatable bonds is 1. The summed E-state index contributed by atoms with van der Waals surface area (Å²) in [7, 11) is 1.46. The Morgan fingerprint density at radius 3 is 3.33 bits per heavy atom. The molecule has 0 aromatic carbocycles. The van der Waals surface area contributed by atoms with Crippen LogP contribution in [-0.4, -0.2) is 18.0 Å². The molecular formula is C8H7NO3. The van der Waals surface area contributed by atoms with Gasteiger partial charge in [-0.05, 0) is 6.08 Å². The normalized spacial score (nSPS) is 21.4. The Morgan fingerprint density at radius 2 is 2.58 bits per heavy atom. The van der Waals surface area contributed by atoms with Crippen LogP contribution in [0, 0.1) is 6.73 Å². The zero-order valence-electron chi connectivity index (χ0n) is 6.53. The molecule has 2 aliphatic rings. The lowest BCUT2D eigenvalue weighted by atomic mass is 10.1. The molecule has 0 spiro atoms. The molecule has 0 aromatic heterocycles. The third-order valence-electron chi connectivity index (χ3n) is 1.69. The van der Waals surface area contributed by atoms with Crippen LogP contribution in [0.1, 0.15) is 6.42 Å². The molecule has 0 atom stereocenters. The summed E-state index contributed by atoms with van der Waals surface area (Å²) in [6, 6.07) is 0. The summed E-state index contributed by atoms with van der Waals surface area (Å²) in [6.07, 6.45) is 3.88. The molecule has 1 aliphatic carbocycles. The Morgan fingerprint density at radius 1 is 1.75 bits per heavy atom.